The van der Waals surface area contributed by atoms with Gasteiger partial charge >= 0.3 is 5.97 Å². The summed E-state index contributed by atoms with van der Waals surface area (Å²) in [6.45, 7) is 3.94. The van der Waals surface area contributed by atoms with Gasteiger partial charge in [-0.15, -0.1) is 5.10 Å². The van der Waals surface area contributed by atoms with E-state index < -0.39 is 11.9 Å². The molecule has 8 heteroatoms. The summed E-state index contributed by atoms with van der Waals surface area (Å²) in [5.74, 6) is -0.413. The van der Waals surface area contributed by atoms with Crippen LogP contribution in [0.25, 0.3) is 11.9 Å². The zero-order valence-corrected chi connectivity index (χ0v) is 14.3. The van der Waals surface area contributed by atoms with Crippen LogP contribution in [0.5, 0.6) is 0 Å². The number of hydrogen-bond acceptors (Lipinski definition) is 6. The number of carbonyl (C=O) groups excluding carboxylic acids is 2. The largest absolute Gasteiger partial charge is 0.463 e. The minimum absolute atomic E-state index is 0.0399. The summed E-state index contributed by atoms with van der Waals surface area (Å²) in [7, 11) is 0. The molecule has 0 aliphatic rings. The molecule has 0 saturated carbocycles. The van der Waals surface area contributed by atoms with Crippen molar-refractivity contribution in [3.63, 3.8) is 0 Å². The quantitative estimate of drug-likeness (QED) is 0.559. The van der Waals surface area contributed by atoms with Gasteiger partial charge in [-0.2, -0.15) is 4.98 Å². The number of aromatic nitrogens is 4. The molecular weight excluding hydrogens is 334 g/mol. The number of anilines is 1. The number of fused-ring (bicyclic) bond motifs is 1. The summed E-state index contributed by atoms with van der Waals surface area (Å²) in [6, 6.07) is 8.78. The SMILES string of the molecule is CCOC(=O)/C=C/c1ccc(NC(=O)c2nc3nccc(C)n3n2)cc1. The van der Waals surface area contributed by atoms with Crippen molar-refractivity contribution in [1.82, 2.24) is 19.6 Å². The third-order valence-electron chi connectivity index (χ3n) is 3.50. The fraction of sp³-hybridized carbons (Fsp3) is 0.167. The van der Waals surface area contributed by atoms with Crippen LogP contribution in [0.4, 0.5) is 5.69 Å². The third-order valence-corrected chi connectivity index (χ3v) is 3.50. The number of nitrogens with one attached hydrogen (secondary N) is 1. The molecule has 0 radical (unpaired) electrons. The van der Waals surface area contributed by atoms with E-state index >= 15 is 0 Å². The normalized spacial score (nSPS) is 11.0. The molecule has 3 rings (SSSR count). The van der Waals surface area contributed by atoms with Gasteiger partial charge in [0.2, 0.25) is 5.82 Å². The summed E-state index contributed by atoms with van der Waals surface area (Å²) in [5.41, 5.74) is 2.23. The summed E-state index contributed by atoms with van der Waals surface area (Å²) in [5, 5.41) is 6.89. The molecule has 0 unspecified atom stereocenters. The van der Waals surface area contributed by atoms with Gasteiger partial charge in [0.25, 0.3) is 11.7 Å². The van der Waals surface area contributed by atoms with Crippen molar-refractivity contribution in [3.8, 4) is 0 Å². The summed E-state index contributed by atoms with van der Waals surface area (Å²) in [4.78, 5) is 31.8. The molecule has 2 aromatic heterocycles. The van der Waals surface area contributed by atoms with E-state index in [2.05, 4.69) is 20.4 Å². The van der Waals surface area contributed by atoms with Crippen LogP contribution < -0.4 is 5.32 Å². The number of carbonyl (C=O) groups is 2. The molecule has 1 N–H and O–H groups in total. The standard InChI is InChI=1S/C18H17N5O3/c1-3-26-15(24)9-6-13-4-7-14(8-5-13)20-17(25)16-21-18-19-11-10-12(2)23(18)22-16/h4-11H,3H2,1-2H3,(H,20,25)/b9-6+. The molecule has 26 heavy (non-hydrogen) atoms. The molecule has 2 heterocycles. The van der Waals surface area contributed by atoms with Crippen molar-refractivity contribution < 1.29 is 14.3 Å². The second kappa shape index (κ2) is 7.56. The van der Waals surface area contributed by atoms with Crippen LogP contribution in [0, 0.1) is 6.92 Å². The highest BCUT2D eigenvalue weighted by molar-refractivity contribution is 6.01. The van der Waals surface area contributed by atoms with E-state index in [0.717, 1.165) is 11.3 Å². The van der Waals surface area contributed by atoms with Crippen LogP contribution in [-0.4, -0.2) is 38.1 Å². The van der Waals surface area contributed by atoms with Gasteiger partial charge in [-0.05, 0) is 43.7 Å². The maximum atomic E-state index is 12.3. The molecule has 0 atom stereocenters. The van der Waals surface area contributed by atoms with Crippen molar-refractivity contribution in [3.05, 3.63) is 59.7 Å². The Morgan fingerprint density at radius 3 is 2.69 bits per heavy atom. The van der Waals surface area contributed by atoms with Gasteiger partial charge in [0.05, 0.1) is 6.61 Å². The predicted molar refractivity (Wildman–Crippen MR) is 95.6 cm³/mol. The van der Waals surface area contributed by atoms with Gasteiger partial charge in [-0.3, -0.25) is 4.79 Å². The van der Waals surface area contributed by atoms with Crippen molar-refractivity contribution in [2.75, 3.05) is 11.9 Å². The number of rotatable bonds is 5. The van der Waals surface area contributed by atoms with Crippen molar-refractivity contribution in [2.45, 2.75) is 13.8 Å². The van der Waals surface area contributed by atoms with Gasteiger partial charge in [-0.1, -0.05) is 12.1 Å². The number of aryl methyl sites for hydroxylation is 1. The number of benzene rings is 1. The van der Waals surface area contributed by atoms with Crippen LogP contribution in [0.3, 0.4) is 0 Å². The van der Waals surface area contributed by atoms with Crippen LogP contribution in [-0.2, 0) is 9.53 Å². The molecule has 3 aromatic rings. The lowest BCUT2D eigenvalue weighted by atomic mass is 10.2. The van der Waals surface area contributed by atoms with Gasteiger partial charge in [0, 0.05) is 23.7 Å². The Hall–Kier alpha value is -3.55. The van der Waals surface area contributed by atoms with Gasteiger partial charge in [0.1, 0.15) is 0 Å². The number of esters is 1. The first-order chi connectivity index (χ1) is 12.6. The lowest BCUT2D eigenvalue weighted by molar-refractivity contribution is -0.137. The lowest BCUT2D eigenvalue weighted by Gasteiger charge is -2.03. The smallest absolute Gasteiger partial charge is 0.330 e. The van der Waals surface area contributed by atoms with Gasteiger partial charge < -0.3 is 10.1 Å². The number of ether oxygens (including phenoxy) is 1. The summed E-state index contributed by atoms with van der Waals surface area (Å²) in [6.07, 6.45) is 4.61. The highest BCUT2D eigenvalue weighted by atomic mass is 16.5. The molecule has 0 saturated heterocycles. The Labute approximate surface area is 149 Å². The minimum Gasteiger partial charge on any atom is -0.463 e. The van der Waals surface area contributed by atoms with Crippen molar-refractivity contribution in [1.29, 1.82) is 0 Å². The van der Waals surface area contributed by atoms with E-state index in [1.54, 1.807) is 49.5 Å². The maximum Gasteiger partial charge on any atom is 0.330 e. The fourth-order valence-electron chi connectivity index (χ4n) is 2.22. The Morgan fingerprint density at radius 1 is 1.23 bits per heavy atom. The van der Waals surface area contributed by atoms with Crippen LogP contribution in [0.2, 0.25) is 0 Å². The maximum absolute atomic E-state index is 12.3. The van der Waals surface area contributed by atoms with E-state index in [1.807, 2.05) is 6.92 Å². The van der Waals surface area contributed by atoms with Crippen LogP contribution >= 0.6 is 0 Å². The molecule has 1 aromatic carbocycles. The average molecular weight is 351 g/mol. The zero-order chi connectivity index (χ0) is 18.5. The molecule has 132 valence electrons. The molecule has 0 spiro atoms. The number of amides is 1. The third kappa shape index (κ3) is 3.92. The molecule has 0 bridgehead atoms. The Bertz CT molecular complexity index is 976. The molecule has 8 nitrogen and oxygen atoms in total. The van der Waals surface area contributed by atoms with Gasteiger partial charge in [0.15, 0.2) is 0 Å². The summed E-state index contributed by atoms with van der Waals surface area (Å²) < 4.78 is 6.33. The topological polar surface area (TPSA) is 98.5 Å². The average Bonchev–Trinajstić information content (AvgIpc) is 3.07. The van der Waals surface area contributed by atoms with Crippen molar-refractivity contribution in [2.24, 2.45) is 0 Å². The van der Waals surface area contributed by atoms with E-state index in [0.29, 0.717) is 18.1 Å². The predicted octanol–water partition coefficient (Wildman–Crippen LogP) is 2.26. The van der Waals surface area contributed by atoms with Crippen LogP contribution in [0.15, 0.2) is 42.6 Å². The highest BCUT2D eigenvalue weighted by Gasteiger charge is 2.14. The van der Waals surface area contributed by atoms with E-state index in [-0.39, 0.29) is 5.82 Å². The second-order valence-electron chi connectivity index (χ2n) is 5.39. The number of hydrogen-bond donors (Lipinski definition) is 1. The van der Waals surface area contributed by atoms with E-state index in [4.69, 9.17) is 4.74 Å². The van der Waals surface area contributed by atoms with Crippen molar-refractivity contribution >= 4 is 29.4 Å². The Morgan fingerprint density at radius 2 is 2.00 bits per heavy atom. The molecular formula is C18H17N5O3. The first kappa shape index (κ1) is 17.3. The zero-order valence-electron chi connectivity index (χ0n) is 14.3. The molecule has 0 fully saturated rings. The first-order valence-corrected chi connectivity index (χ1v) is 8.01. The molecule has 0 aliphatic heterocycles. The minimum atomic E-state index is -0.426. The Kier molecular flexibility index (Phi) is 5.02. The molecule has 1 amide bonds. The first-order valence-electron chi connectivity index (χ1n) is 8.01. The highest BCUT2D eigenvalue weighted by Crippen LogP contribution is 2.12. The van der Waals surface area contributed by atoms with Gasteiger partial charge in [-0.25, -0.2) is 14.3 Å². The second-order valence-corrected chi connectivity index (χ2v) is 5.39. The Balaban J connectivity index is 1.69. The monoisotopic (exact) mass is 351 g/mol. The molecule has 0 aliphatic carbocycles. The number of nitrogens with zero attached hydrogens (tertiary/aromatic N) is 4. The van der Waals surface area contributed by atoms with Crippen LogP contribution in [0.1, 0.15) is 28.8 Å². The van der Waals surface area contributed by atoms with E-state index in [1.165, 1.54) is 10.6 Å². The lowest BCUT2D eigenvalue weighted by Crippen LogP contribution is -2.14. The fourth-order valence-corrected chi connectivity index (χ4v) is 2.22. The summed E-state index contributed by atoms with van der Waals surface area (Å²) >= 11 is 0. The van der Waals surface area contributed by atoms with E-state index in [9.17, 15) is 9.59 Å².